The molecule has 0 aliphatic carbocycles. The molecule has 30 heavy (non-hydrogen) atoms. The number of nitrogens with zero attached hydrogens (tertiary/aromatic N) is 4. The summed E-state index contributed by atoms with van der Waals surface area (Å²) < 4.78 is 1.92. The van der Waals surface area contributed by atoms with Crippen LogP contribution in [0.15, 0.2) is 60.8 Å². The quantitative estimate of drug-likeness (QED) is 0.641. The molecule has 7 heteroatoms. The Kier molecular flexibility index (Phi) is 4.96. The van der Waals surface area contributed by atoms with Crippen molar-refractivity contribution >= 4 is 17.3 Å². The highest BCUT2D eigenvalue weighted by Gasteiger charge is 2.43. The van der Waals surface area contributed by atoms with Crippen molar-refractivity contribution in [1.29, 1.82) is 0 Å². The maximum atomic E-state index is 12.8. The van der Waals surface area contributed by atoms with Gasteiger partial charge < -0.3 is 11.1 Å². The van der Waals surface area contributed by atoms with Gasteiger partial charge in [0.15, 0.2) is 0 Å². The number of anilines is 2. The molecule has 1 aromatic heterocycles. The second-order valence-electron chi connectivity index (χ2n) is 8.35. The molecule has 1 unspecified atom stereocenters. The van der Waals surface area contributed by atoms with Crippen molar-refractivity contribution in [2.75, 3.05) is 24.1 Å². The van der Waals surface area contributed by atoms with Crippen molar-refractivity contribution in [3.05, 3.63) is 60.8 Å². The lowest BCUT2D eigenvalue weighted by molar-refractivity contribution is -0.127. The van der Waals surface area contributed by atoms with Gasteiger partial charge in [-0.3, -0.25) is 14.4 Å². The van der Waals surface area contributed by atoms with E-state index in [1.807, 2.05) is 65.5 Å². The van der Waals surface area contributed by atoms with Gasteiger partial charge in [0, 0.05) is 29.5 Å². The summed E-state index contributed by atoms with van der Waals surface area (Å²) >= 11 is 0. The van der Waals surface area contributed by atoms with E-state index in [4.69, 9.17) is 5.73 Å². The Balaban J connectivity index is 1.23. The molecular formula is C23H26N6O. The Bertz CT molecular complexity index is 1030. The molecule has 4 heterocycles. The molecule has 3 aliphatic rings. The van der Waals surface area contributed by atoms with Gasteiger partial charge in [0.25, 0.3) is 0 Å². The fraction of sp³-hybridized carbons (Fsp3) is 0.348. The number of carbonyl (C=O) groups is 1. The number of fused-ring (bicyclic) bond motifs is 3. The number of benzene rings is 2. The van der Waals surface area contributed by atoms with Crippen molar-refractivity contribution in [1.82, 2.24) is 19.9 Å². The lowest BCUT2D eigenvalue weighted by Crippen LogP contribution is -2.57. The van der Waals surface area contributed by atoms with E-state index in [9.17, 15) is 4.79 Å². The van der Waals surface area contributed by atoms with Crippen molar-refractivity contribution in [3.63, 3.8) is 0 Å². The zero-order chi connectivity index (χ0) is 20.5. The van der Waals surface area contributed by atoms with Crippen LogP contribution in [0.2, 0.25) is 0 Å². The standard InChI is InChI=1S/C23H26N6O/c24-18-6-4-5-17(11-18)22-15-29(27-26-22)13-20-12-16-9-10-28(20)14-21(16)23(30)25-19-7-2-1-3-8-19/h1-8,11,15-16,20-21H,9-10,12-14,24H2,(H,25,30)/t16-,20+,21+/m0/s1. The number of aromatic nitrogens is 3. The lowest BCUT2D eigenvalue weighted by Gasteiger charge is -2.49. The summed E-state index contributed by atoms with van der Waals surface area (Å²) in [6, 6.07) is 17.8. The molecule has 3 N–H and O–H groups in total. The van der Waals surface area contributed by atoms with Crippen molar-refractivity contribution < 1.29 is 4.79 Å². The average Bonchev–Trinajstić information content (AvgIpc) is 3.23. The molecule has 2 bridgehead atoms. The highest BCUT2D eigenvalue weighted by atomic mass is 16.2. The molecule has 154 valence electrons. The summed E-state index contributed by atoms with van der Waals surface area (Å²) in [6.45, 7) is 2.64. The van der Waals surface area contributed by atoms with Crippen LogP contribution in [0, 0.1) is 11.8 Å². The molecule has 6 rings (SSSR count). The average molecular weight is 403 g/mol. The van der Waals surface area contributed by atoms with Gasteiger partial charge in [0.2, 0.25) is 5.91 Å². The van der Waals surface area contributed by atoms with Gasteiger partial charge in [0.1, 0.15) is 5.69 Å². The van der Waals surface area contributed by atoms with Crippen LogP contribution in [0.4, 0.5) is 11.4 Å². The van der Waals surface area contributed by atoms with E-state index in [2.05, 4.69) is 20.5 Å². The number of nitrogens with one attached hydrogen (secondary N) is 1. The maximum absolute atomic E-state index is 12.8. The van der Waals surface area contributed by atoms with Gasteiger partial charge in [-0.15, -0.1) is 5.10 Å². The monoisotopic (exact) mass is 402 g/mol. The molecule has 0 radical (unpaired) electrons. The predicted octanol–water partition coefficient (Wildman–Crippen LogP) is 2.88. The van der Waals surface area contributed by atoms with E-state index in [0.29, 0.717) is 12.0 Å². The Morgan fingerprint density at radius 3 is 2.80 bits per heavy atom. The molecule has 3 saturated heterocycles. The number of nitrogen functional groups attached to an aromatic ring is 1. The van der Waals surface area contributed by atoms with Gasteiger partial charge in [0.05, 0.1) is 18.7 Å². The number of carbonyl (C=O) groups excluding carboxylic acids is 1. The SMILES string of the molecule is Nc1cccc(-c2cn(C[C@H]3C[C@@H]4CCN3C[C@H]4C(=O)Nc3ccccc3)nn2)c1. The molecule has 2 aromatic carbocycles. The first-order valence-corrected chi connectivity index (χ1v) is 10.5. The number of hydrogen-bond acceptors (Lipinski definition) is 5. The number of para-hydroxylation sites is 1. The summed E-state index contributed by atoms with van der Waals surface area (Å²) in [5.74, 6) is 0.605. The number of piperidine rings is 3. The van der Waals surface area contributed by atoms with Gasteiger partial charge in [-0.1, -0.05) is 35.5 Å². The molecule has 0 spiro atoms. The van der Waals surface area contributed by atoms with Gasteiger partial charge >= 0.3 is 0 Å². The minimum atomic E-state index is 0.0498. The predicted molar refractivity (Wildman–Crippen MR) is 117 cm³/mol. The normalized spacial score (nSPS) is 25.2. The maximum Gasteiger partial charge on any atom is 0.229 e. The lowest BCUT2D eigenvalue weighted by atomic mass is 9.75. The number of nitrogens with two attached hydrogens (primary N) is 1. The Morgan fingerprint density at radius 1 is 1.17 bits per heavy atom. The highest BCUT2D eigenvalue weighted by molar-refractivity contribution is 5.93. The first-order chi connectivity index (χ1) is 14.7. The summed E-state index contributed by atoms with van der Waals surface area (Å²) in [5, 5.41) is 11.7. The van der Waals surface area contributed by atoms with Gasteiger partial charge in [-0.25, -0.2) is 0 Å². The fourth-order valence-corrected chi connectivity index (χ4v) is 4.82. The van der Waals surface area contributed by atoms with E-state index in [-0.39, 0.29) is 11.8 Å². The number of amides is 1. The third-order valence-electron chi connectivity index (χ3n) is 6.38. The van der Waals surface area contributed by atoms with Crippen LogP contribution in [0.3, 0.4) is 0 Å². The van der Waals surface area contributed by atoms with Crippen LogP contribution < -0.4 is 11.1 Å². The first kappa shape index (κ1) is 18.8. The summed E-state index contributed by atoms with van der Waals surface area (Å²) in [7, 11) is 0. The summed E-state index contributed by atoms with van der Waals surface area (Å²) in [4.78, 5) is 15.3. The van der Waals surface area contributed by atoms with E-state index in [0.717, 1.165) is 55.1 Å². The zero-order valence-electron chi connectivity index (χ0n) is 16.8. The largest absolute Gasteiger partial charge is 0.399 e. The van der Waals surface area contributed by atoms with E-state index in [1.165, 1.54) is 0 Å². The smallest absolute Gasteiger partial charge is 0.229 e. The molecule has 3 aromatic rings. The zero-order valence-corrected chi connectivity index (χ0v) is 16.8. The molecule has 4 atom stereocenters. The van der Waals surface area contributed by atoms with Gasteiger partial charge in [-0.2, -0.15) is 0 Å². The third kappa shape index (κ3) is 3.80. The molecule has 3 aliphatic heterocycles. The van der Waals surface area contributed by atoms with Crippen LogP contribution >= 0.6 is 0 Å². The molecule has 1 amide bonds. The van der Waals surface area contributed by atoms with E-state index >= 15 is 0 Å². The molecule has 0 saturated carbocycles. The van der Waals surface area contributed by atoms with Crippen molar-refractivity contribution in [2.45, 2.75) is 25.4 Å². The summed E-state index contributed by atoms with van der Waals surface area (Å²) in [6.07, 6.45) is 4.08. The minimum absolute atomic E-state index is 0.0498. The molecule has 3 fully saturated rings. The summed E-state index contributed by atoms with van der Waals surface area (Å²) in [5.41, 5.74) is 9.28. The van der Waals surface area contributed by atoms with Crippen LogP contribution in [-0.2, 0) is 11.3 Å². The van der Waals surface area contributed by atoms with Crippen LogP contribution in [0.5, 0.6) is 0 Å². The topological polar surface area (TPSA) is 89.1 Å². The Morgan fingerprint density at radius 2 is 2.03 bits per heavy atom. The van der Waals surface area contributed by atoms with Crippen molar-refractivity contribution in [3.8, 4) is 11.3 Å². The van der Waals surface area contributed by atoms with E-state index in [1.54, 1.807) is 0 Å². The fourth-order valence-electron chi connectivity index (χ4n) is 4.82. The van der Waals surface area contributed by atoms with Crippen LogP contribution in [0.1, 0.15) is 12.8 Å². The Hall–Kier alpha value is -3.19. The van der Waals surface area contributed by atoms with Crippen LogP contribution in [0.25, 0.3) is 11.3 Å². The number of rotatable bonds is 5. The highest BCUT2D eigenvalue weighted by Crippen LogP contribution is 2.37. The van der Waals surface area contributed by atoms with Crippen molar-refractivity contribution in [2.24, 2.45) is 11.8 Å². The van der Waals surface area contributed by atoms with Crippen LogP contribution in [-0.4, -0.2) is 44.9 Å². The van der Waals surface area contributed by atoms with E-state index < -0.39 is 0 Å². The second-order valence-corrected chi connectivity index (χ2v) is 8.35. The molecular weight excluding hydrogens is 376 g/mol. The first-order valence-electron chi connectivity index (χ1n) is 10.5. The number of hydrogen-bond donors (Lipinski definition) is 2. The van der Waals surface area contributed by atoms with Gasteiger partial charge in [-0.05, 0) is 49.6 Å². The third-order valence-corrected chi connectivity index (χ3v) is 6.38. The second kappa shape index (κ2) is 7.91. The minimum Gasteiger partial charge on any atom is -0.399 e. The Labute approximate surface area is 175 Å². The molecule has 7 nitrogen and oxygen atoms in total.